The predicted molar refractivity (Wildman–Crippen MR) is 292 cm³/mol. The van der Waals surface area contributed by atoms with Crippen LogP contribution in [0, 0.1) is 0 Å². The van der Waals surface area contributed by atoms with E-state index in [1.165, 1.54) is 47.0 Å². The molecule has 12 nitrogen and oxygen atoms in total. The van der Waals surface area contributed by atoms with Gasteiger partial charge in [-0.3, -0.25) is 4.79 Å². The molecule has 5 rings (SSSR count). The zero-order valence-corrected chi connectivity index (χ0v) is 48.9. The van der Waals surface area contributed by atoms with Crippen LogP contribution < -0.4 is 24.3 Å². The second-order valence-electron chi connectivity index (χ2n) is 21.5. The van der Waals surface area contributed by atoms with Crippen molar-refractivity contribution < 1.29 is 52.3 Å². The largest absolute Gasteiger partial charge is 0.481 e. The number of ether oxygens (including phenoxy) is 7. The number of carbonyl (C=O) groups excluding carboxylic acids is 4. The lowest BCUT2D eigenvalue weighted by Gasteiger charge is -2.28. The minimum Gasteiger partial charge on any atom is -0.481 e. The summed E-state index contributed by atoms with van der Waals surface area (Å²) in [6.07, 6.45) is 0.756. The Bertz CT molecular complexity index is 2500. The number of esters is 3. The van der Waals surface area contributed by atoms with Crippen LogP contribution in [0.2, 0.25) is 0 Å². The van der Waals surface area contributed by atoms with Crippen molar-refractivity contribution in [3.63, 3.8) is 0 Å². The first-order valence-corrected chi connectivity index (χ1v) is 28.1. The van der Waals surface area contributed by atoms with Crippen molar-refractivity contribution in [1.29, 1.82) is 0 Å². The molecule has 1 aliphatic rings. The molecular weight excluding hydrogens is 1000 g/mol. The Morgan fingerprint density at radius 2 is 0.603 bits per heavy atom. The van der Waals surface area contributed by atoms with E-state index in [-0.39, 0.29) is 73.8 Å². The molecule has 73 heavy (non-hydrogen) atoms. The SMILES string of the molecule is CCCNC(=O)COc1c2cc(C(C)(C)C)cc1Sc1cc(C(C)(C)C)cc(c1OCC(=O)OCC)Sc1cc(C(C)(C)C)cc(c1OCC(=O)OCC)Sc1cc(C(C)(C)C)cc(c1OCC(=O)OCC)S2. The van der Waals surface area contributed by atoms with Crippen LogP contribution in [0.25, 0.3) is 0 Å². The summed E-state index contributed by atoms with van der Waals surface area (Å²) in [6, 6.07) is 16.6. The molecule has 0 unspecified atom stereocenters. The van der Waals surface area contributed by atoms with E-state index in [2.05, 4.69) is 137 Å². The van der Waals surface area contributed by atoms with Crippen molar-refractivity contribution in [3.8, 4) is 23.0 Å². The summed E-state index contributed by atoms with van der Waals surface area (Å²) in [5.41, 5.74) is 2.43. The average Bonchev–Trinajstić information content (AvgIpc) is 3.28. The number of fused-ring (bicyclic) bond motifs is 8. The van der Waals surface area contributed by atoms with Crippen molar-refractivity contribution in [2.45, 2.75) is 178 Å². The molecule has 0 saturated heterocycles. The monoisotopic (exact) mass is 1080 g/mol. The first kappa shape index (κ1) is 59.2. The number of nitrogens with one attached hydrogen (secondary N) is 1. The third kappa shape index (κ3) is 16.4. The van der Waals surface area contributed by atoms with E-state index in [1.807, 2.05) is 6.92 Å². The lowest BCUT2D eigenvalue weighted by atomic mass is 9.87. The van der Waals surface area contributed by atoms with Crippen LogP contribution in [0.1, 0.15) is 139 Å². The van der Waals surface area contributed by atoms with Gasteiger partial charge in [0.25, 0.3) is 5.91 Å². The van der Waals surface area contributed by atoms with Gasteiger partial charge >= 0.3 is 17.9 Å². The first-order chi connectivity index (χ1) is 34.2. The van der Waals surface area contributed by atoms with E-state index in [9.17, 15) is 19.2 Å². The first-order valence-electron chi connectivity index (χ1n) is 24.9. The lowest BCUT2D eigenvalue weighted by Crippen LogP contribution is -2.29. The highest BCUT2D eigenvalue weighted by atomic mass is 32.2. The van der Waals surface area contributed by atoms with Gasteiger partial charge in [-0.15, -0.1) is 0 Å². The zero-order chi connectivity index (χ0) is 54.1. The minimum absolute atomic E-state index is 0.175. The Labute approximate surface area is 450 Å². The van der Waals surface area contributed by atoms with E-state index < -0.39 is 17.9 Å². The number of amides is 1. The second-order valence-corrected chi connectivity index (χ2v) is 25.9. The Morgan fingerprint density at radius 1 is 0.384 bits per heavy atom. The third-order valence-electron chi connectivity index (χ3n) is 11.3. The molecule has 0 aromatic heterocycles. The number of carbonyl (C=O) groups is 4. The standard InChI is InChI=1S/C57H75NO11S4/c1-17-21-58-46(59)30-66-50-38-22-34(54(5,6)7)23-39(50)71-41-25-36(56(11,12)13)27-43(52(41)68-32-48(61)64-19-3)73-45-29-37(57(14,15)16)28-44(53(45)69-33-49(62)65-20-4)72-42-26-35(55(8,9)10)24-40(70-38)51(42)67-31-47(60)63-18-2/h22-29H,17-21,30-33H2,1-16H3,(H,58,59). The Kier molecular flexibility index (Phi) is 20.5. The fourth-order valence-corrected chi connectivity index (χ4v) is 11.9. The molecular formula is C57H75NO11S4. The van der Waals surface area contributed by atoms with Gasteiger partial charge in [-0.2, -0.15) is 0 Å². The fraction of sp³-hybridized carbons (Fsp3) is 0.509. The molecule has 0 spiro atoms. The minimum atomic E-state index is -0.535. The summed E-state index contributed by atoms with van der Waals surface area (Å²) in [6.45, 7) is 32.5. The van der Waals surface area contributed by atoms with Crippen molar-refractivity contribution in [2.24, 2.45) is 0 Å². The summed E-state index contributed by atoms with van der Waals surface area (Å²) in [5, 5.41) is 2.96. The average molecular weight is 1080 g/mol. The van der Waals surface area contributed by atoms with Crippen LogP contribution in [0.5, 0.6) is 23.0 Å². The summed E-state index contributed by atoms with van der Waals surface area (Å²) in [7, 11) is 0. The van der Waals surface area contributed by atoms with Crippen molar-refractivity contribution in [1.82, 2.24) is 5.32 Å². The van der Waals surface area contributed by atoms with Crippen LogP contribution in [0.15, 0.2) is 87.7 Å². The van der Waals surface area contributed by atoms with Gasteiger partial charge in [0, 0.05) is 6.54 Å². The molecule has 1 heterocycles. The van der Waals surface area contributed by atoms with Gasteiger partial charge in [0.1, 0.15) is 23.0 Å². The normalized spacial score (nSPS) is 12.9. The summed E-state index contributed by atoms with van der Waals surface area (Å²) >= 11 is 5.62. The molecule has 4 aromatic carbocycles. The van der Waals surface area contributed by atoms with Crippen molar-refractivity contribution in [3.05, 3.63) is 70.8 Å². The van der Waals surface area contributed by atoms with E-state index in [0.717, 1.165) is 28.7 Å². The maximum absolute atomic E-state index is 13.5. The number of rotatable bonds is 17. The van der Waals surface area contributed by atoms with E-state index in [0.29, 0.717) is 68.7 Å². The van der Waals surface area contributed by atoms with Gasteiger partial charge in [-0.1, -0.05) is 137 Å². The number of hydrogen-bond acceptors (Lipinski definition) is 15. The van der Waals surface area contributed by atoms with Crippen LogP contribution in [-0.2, 0) is 55.0 Å². The fourth-order valence-electron chi connectivity index (χ4n) is 7.14. The second kappa shape index (κ2) is 25.3. The molecule has 0 atom stereocenters. The molecule has 1 N–H and O–H groups in total. The maximum atomic E-state index is 13.5. The van der Waals surface area contributed by atoms with Crippen molar-refractivity contribution in [2.75, 3.05) is 52.8 Å². The highest BCUT2D eigenvalue weighted by Gasteiger charge is 2.31. The molecule has 0 radical (unpaired) electrons. The Morgan fingerprint density at radius 3 is 0.795 bits per heavy atom. The van der Waals surface area contributed by atoms with Crippen LogP contribution in [0.4, 0.5) is 0 Å². The van der Waals surface area contributed by atoms with Gasteiger partial charge < -0.3 is 38.5 Å². The summed E-state index contributed by atoms with van der Waals surface area (Å²) in [5.74, 6) is -0.157. The molecule has 398 valence electrons. The highest BCUT2D eigenvalue weighted by Crippen LogP contribution is 2.56. The van der Waals surface area contributed by atoms with E-state index in [1.54, 1.807) is 20.8 Å². The lowest BCUT2D eigenvalue weighted by molar-refractivity contribution is -0.146. The molecule has 8 bridgehead atoms. The smallest absolute Gasteiger partial charge is 0.344 e. The molecule has 4 aromatic rings. The van der Waals surface area contributed by atoms with Gasteiger partial charge in [0.15, 0.2) is 26.4 Å². The molecule has 16 heteroatoms. The number of hydrogen-bond donors (Lipinski definition) is 1. The summed E-state index contributed by atoms with van der Waals surface area (Å²) in [4.78, 5) is 58.5. The Hall–Kier alpha value is -4.64. The van der Waals surface area contributed by atoms with Crippen LogP contribution in [0.3, 0.4) is 0 Å². The summed E-state index contributed by atoms with van der Waals surface area (Å²) < 4.78 is 42.8. The third-order valence-corrected chi connectivity index (χ3v) is 15.5. The van der Waals surface area contributed by atoms with Gasteiger partial charge in [0.05, 0.1) is 59.0 Å². The Balaban J connectivity index is 2.03. The maximum Gasteiger partial charge on any atom is 0.344 e. The molecule has 1 amide bonds. The predicted octanol–water partition coefficient (Wildman–Crippen LogP) is 13.5. The van der Waals surface area contributed by atoms with Crippen LogP contribution in [-0.4, -0.2) is 76.6 Å². The van der Waals surface area contributed by atoms with E-state index in [4.69, 9.17) is 33.2 Å². The quantitative estimate of drug-likeness (QED) is 0.0696. The molecule has 1 aliphatic heterocycles. The number of benzene rings is 4. The zero-order valence-electron chi connectivity index (χ0n) is 45.6. The van der Waals surface area contributed by atoms with Crippen LogP contribution >= 0.6 is 47.0 Å². The van der Waals surface area contributed by atoms with Gasteiger partial charge in [-0.25, -0.2) is 14.4 Å². The topological polar surface area (TPSA) is 145 Å². The van der Waals surface area contributed by atoms with E-state index >= 15 is 0 Å². The molecule has 0 saturated carbocycles. The van der Waals surface area contributed by atoms with Gasteiger partial charge in [-0.05, 0) is 120 Å². The highest BCUT2D eigenvalue weighted by molar-refractivity contribution is 8.01. The molecule has 0 aliphatic carbocycles. The van der Waals surface area contributed by atoms with Crippen molar-refractivity contribution >= 4 is 70.9 Å². The molecule has 0 fully saturated rings. The van der Waals surface area contributed by atoms with Gasteiger partial charge in [0.2, 0.25) is 0 Å².